The van der Waals surface area contributed by atoms with Gasteiger partial charge in [-0.25, -0.2) is 8.42 Å². The highest BCUT2D eigenvalue weighted by molar-refractivity contribution is 7.90. The summed E-state index contributed by atoms with van der Waals surface area (Å²) in [6.45, 7) is 1.77. The number of amides is 2. The second-order valence-corrected chi connectivity index (χ2v) is 9.32. The van der Waals surface area contributed by atoms with Gasteiger partial charge >= 0.3 is 0 Å². The average Bonchev–Trinajstić information content (AvgIpc) is 2.79. The molecule has 0 spiro atoms. The number of nitriles is 1. The lowest BCUT2D eigenvalue weighted by atomic mass is 10.1. The fraction of sp³-hybridized carbons (Fsp3) is 0.0800. The number of carbonyl (C=O) groups excluding carboxylic acids is 2. The number of aryl methyl sites for hydroxylation is 1. The lowest BCUT2D eigenvalue weighted by molar-refractivity contribution is -0.111. The Morgan fingerprint density at radius 1 is 0.970 bits per heavy atom. The normalized spacial score (nSPS) is 11.1. The van der Waals surface area contributed by atoms with E-state index in [0.717, 1.165) is 6.26 Å². The minimum absolute atomic E-state index is 0.0652. The largest absolute Gasteiger partial charge is 0.323 e. The van der Waals surface area contributed by atoms with Crippen LogP contribution in [0.1, 0.15) is 27.0 Å². The summed E-state index contributed by atoms with van der Waals surface area (Å²) in [5.74, 6) is -0.809. The number of rotatable bonds is 6. The molecule has 3 aromatic carbocycles. The second kappa shape index (κ2) is 9.94. The van der Waals surface area contributed by atoms with Crippen molar-refractivity contribution in [2.75, 3.05) is 16.9 Å². The van der Waals surface area contributed by atoms with E-state index in [9.17, 15) is 18.0 Å². The van der Waals surface area contributed by atoms with Crippen molar-refractivity contribution in [3.63, 3.8) is 0 Å². The zero-order valence-electron chi connectivity index (χ0n) is 18.0. The summed E-state index contributed by atoms with van der Waals surface area (Å²) in [5.41, 5.74) is 3.11. The molecule has 7 nitrogen and oxygen atoms in total. The number of benzene rings is 3. The van der Waals surface area contributed by atoms with Crippen LogP contribution in [0.2, 0.25) is 0 Å². The summed E-state index contributed by atoms with van der Waals surface area (Å²) in [6.07, 6.45) is 3.99. The van der Waals surface area contributed by atoms with E-state index in [2.05, 4.69) is 16.7 Å². The average molecular weight is 460 g/mol. The zero-order chi connectivity index (χ0) is 24.0. The molecule has 8 heteroatoms. The highest BCUT2D eigenvalue weighted by Gasteiger charge is 2.13. The van der Waals surface area contributed by atoms with Gasteiger partial charge in [0, 0.05) is 29.3 Å². The summed E-state index contributed by atoms with van der Waals surface area (Å²) >= 11 is 0. The smallest absolute Gasteiger partial charge is 0.255 e. The van der Waals surface area contributed by atoms with Crippen LogP contribution in [0.15, 0.2) is 77.7 Å². The number of nitrogens with zero attached hydrogens (tertiary/aromatic N) is 1. The van der Waals surface area contributed by atoms with Crippen molar-refractivity contribution in [3.05, 3.63) is 95.1 Å². The molecule has 3 rings (SSSR count). The quantitative estimate of drug-likeness (QED) is 0.537. The van der Waals surface area contributed by atoms with Crippen molar-refractivity contribution >= 4 is 39.1 Å². The Labute approximate surface area is 192 Å². The highest BCUT2D eigenvalue weighted by atomic mass is 32.2. The van der Waals surface area contributed by atoms with Crippen LogP contribution in [-0.2, 0) is 14.6 Å². The van der Waals surface area contributed by atoms with Crippen LogP contribution in [0.3, 0.4) is 0 Å². The summed E-state index contributed by atoms with van der Waals surface area (Å²) in [5, 5.41) is 14.6. The lowest BCUT2D eigenvalue weighted by Gasteiger charge is -2.11. The molecular formula is C25H21N3O4S. The Balaban J connectivity index is 1.69. The van der Waals surface area contributed by atoms with Crippen molar-refractivity contribution in [2.45, 2.75) is 11.8 Å². The molecule has 3 aromatic rings. The van der Waals surface area contributed by atoms with Gasteiger partial charge in [0.25, 0.3) is 5.91 Å². The lowest BCUT2D eigenvalue weighted by Crippen LogP contribution is -2.14. The van der Waals surface area contributed by atoms with Gasteiger partial charge in [-0.15, -0.1) is 0 Å². The van der Waals surface area contributed by atoms with E-state index < -0.39 is 15.7 Å². The number of hydrogen-bond acceptors (Lipinski definition) is 5. The molecule has 0 aliphatic carbocycles. The van der Waals surface area contributed by atoms with Crippen molar-refractivity contribution in [1.82, 2.24) is 0 Å². The number of sulfone groups is 1. The van der Waals surface area contributed by atoms with Gasteiger partial charge in [-0.1, -0.05) is 24.3 Å². The summed E-state index contributed by atoms with van der Waals surface area (Å²) in [4.78, 5) is 24.9. The molecular weight excluding hydrogens is 438 g/mol. The topological polar surface area (TPSA) is 116 Å². The Kier molecular flexibility index (Phi) is 7.06. The first-order chi connectivity index (χ1) is 15.7. The van der Waals surface area contributed by atoms with Crippen molar-refractivity contribution in [1.29, 1.82) is 5.26 Å². The molecule has 0 unspecified atom stereocenters. The van der Waals surface area contributed by atoms with Gasteiger partial charge in [0.15, 0.2) is 9.84 Å². The number of nitrogens with one attached hydrogen (secondary N) is 2. The first-order valence-electron chi connectivity index (χ1n) is 9.87. The summed E-state index contributed by atoms with van der Waals surface area (Å²) in [6, 6.07) is 19.8. The predicted molar refractivity (Wildman–Crippen MR) is 128 cm³/mol. The number of anilines is 2. The SMILES string of the molecule is Cc1cc(NC(=O)/C=C/c2ccccc2C#N)ccc1NC(=O)c1cccc(S(C)(=O)=O)c1. The second-order valence-electron chi connectivity index (χ2n) is 7.31. The standard InChI is InChI=1S/C25H21N3O4S/c1-17-14-21(27-24(29)13-10-18-6-3-4-7-20(18)16-26)11-12-23(17)28-25(30)19-8-5-9-22(15-19)33(2,31)32/h3-15H,1-2H3,(H,27,29)(H,28,30)/b13-10+. The molecule has 2 N–H and O–H groups in total. The van der Waals surface area contributed by atoms with Gasteiger partial charge < -0.3 is 10.6 Å². The summed E-state index contributed by atoms with van der Waals surface area (Å²) < 4.78 is 23.4. The third kappa shape index (κ3) is 6.15. The van der Waals surface area contributed by atoms with E-state index in [4.69, 9.17) is 5.26 Å². The van der Waals surface area contributed by atoms with Crippen LogP contribution >= 0.6 is 0 Å². The molecule has 0 saturated heterocycles. The first-order valence-corrected chi connectivity index (χ1v) is 11.8. The van der Waals surface area contributed by atoms with Gasteiger partial charge in [0.2, 0.25) is 5.91 Å². The molecule has 0 saturated carbocycles. The van der Waals surface area contributed by atoms with Crippen LogP contribution in [0, 0.1) is 18.3 Å². The van der Waals surface area contributed by atoms with E-state index in [0.29, 0.717) is 28.1 Å². The minimum atomic E-state index is -3.43. The third-order valence-electron chi connectivity index (χ3n) is 4.76. The maximum absolute atomic E-state index is 12.6. The van der Waals surface area contributed by atoms with Gasteiger partial charge in [-0.05, 0) is 66.6 Å². The van der Waals surface area contributed by atoms with Crippen molar-refractivity contribution in [3.8, 4) is 6.07 Å². The molecule has 0 aliphatic heterocycles. The molecule has 0 bridgehead atoms. The van der Waals surface area contributed by atoms with E-state index in [-0.39, 0.29) is 16.4 Å². The maximum Gasteiger partial charge on any atom is 0.255 e. The summed E-state index contributed by atoms with van der Waals surface area (Å²) in [7, 11) is -3.43. The van der Waals surface area contributed by atoms with Gasteiger partial charge in [-0.2, -0.15) is 5.26 Å². The Morgan fingerprint density at radius 2 is 1.73 bits per heavy atom. The molecule has 0 aliphatic rings. The molecule has 0 heterocycles. The van der Waals surface area contributed by atoms with E-state index in [1.54, 1.807) is 55.5 Å². The molecule has 33 heavy (non-hydrogen) atoms. The minimum Gasteiger partial charge on any atom is -0.323 e. The van der Waals surface area contributed by atoms with E-state index in [1.165, 1.54) is 30.3 Å². The van der Waals surface area contributed by atoms with Crippen LogP contribution in [0.5, 0.6) is 0 Å². The zero-order valence-corrected chi connectivity index (χ0v) is 18.8. The van der Waals surface area contributed by atoms with Crippen molar-refractivity contribution in [2.24, 2.45) is 0 Å². The van der Waals surface area contributed by atoms with Gasteiger partial charge in [-0.3, -0.25) is 9.59 Å². The number of carbonyl (C=O) groups is 2. The van der Waals surface area contributed by atoms with Crippen LogP contribution in [0.25, 0.3) is 6.08 Å². The monoisotopic (exact) mass is 459 g/mol. The fourth-order valence-electron chi connectivity index (χ4n) is 3.04. The Bertz CT molecular complexity index is 1400. The van der Waals surface area contributed by atoms with Crippen molar-refractivity contribution < 1.29 is 18.0 Å². The highest BCUT2D eigenvalue weighted by Crippen LogP contribution is 2.21. The molecule has 0 fully saturated rings. The fourth-order valence-corrected chi connectivity index (χ4v) is 3.70. The van der Waals surface area contributed by atoms with Crippen LogP contribution in [0.4, 0.5) is 11.4 Å². The molecule has 0 aromatic heterocycles. The third-order valence-corrected chi connectivity index (χ3v) is 5.87. The molecule has 166 valence electrons. The van der Waals surface area contributed by atoms with Gasteiger partial charge in [0.05, 0.1) is 16.5 Å². The van der Waals surface area contributed by atoms with Crippen LogP contribution < -0.4 is 10.6 Å². The molecule has 2 amide bonds. The van der Waals surface area contributed by atoms with E-state index >= 15 is 0 Å². The molecule has 0 atom stereocenters. The van der Waals surface area contributed by atoms with Crippen LogP contribution in [-0.4, -0.2) is 26.5 Å². The predicted octanol–water partition coefficient (Wildman–Crippen LogP) is 4.17. The Hall–Kier alpha value is -4.22. The molecule has 0 radical (unpaired) electrons. The maximum atomic E-state index is 12.6. The first kappa shape index (κ1) is 23.4. The van der Waals surface area contributed by atoms with E-state index in [1.807, 2.05) is 0 Å². The number of hydrogen-bond donors (Lipinski definition) is 2. The Morgan fingerprint density at radius 3 is 2.42 bits per heavy atom. The van der Waals surface area contributed by atoms with Gasteiger partial charge in [0.1, 0.15) is 0 Å².